The molecule has 0 heterocycles. The predicted octanol–water partition coefficient (Wildman–Crippen LogP) is 4.57. The third-order valence-corrected chi connectivity index (χ3v) is 5.22. The fourth-order valence-corrected chi connectivity index (χ4v) is 4.31. The van der Waals surface area contributed by atoms with Crippen molar-refractivity contribution in [2.75, 3.05) is 0 Å². The lowest BCUT2D eigenvalue weighted by atomic mass is 9.57. The Balaban J connectivity index is 3.00. The van der Waals surface area contributed by atoms with Gasteiger partial charge in [-0.3, -0.25) is 9.59 Å². The molecule has 0 saturated heterocycles. The molecule has 3 unspecified atom stereocenters. The van der Waals surface area contributed by atoms with Gasteiger partial charge in [-0.1, -0.05) is 52.9 Å². The van der Waals surface area contributed by atoms with Gasteiger partial charge in [-0.25, -0.2) is 0 Å². The van der Waals surface area contributed by atoms with Crippen LogP contribution in [0.25, 0.3) is 0 Å². The minimum absolute atomic E-state index is 0.226. The molecule has 1 fully saturated rings. The summed E-state index contributed by atoms with van der Waals surface area (Å²) in [5.41, 5.74) is -0.846. The molecule has 0 aromatic heterocycles. The van der Waals surface area contributed by atoms with Crippen LogP contribution < -0.4 is 0 Å². The van der Waals surface area contributed by atoms with Gasteiger partial charge >= 0.3 is 11.9 Å². The average Bonchev–Trinajstić information content (AvgIpc) is 2.43. The summed E-state index contributed by atoms with van der Waals surface area (Å²) in [7, 11) is 0. The molecule has 4 heteroatoms. The summed E-state index contributed by atoms with van der Waals surface area (Å²) in [5.74, 6) is -2.05. The summed E-state index contributed by atoms with van der Waals surface area (Å²) >= 11 is 0. The van der Waals surface area contributed by atoms with E-state index in [-0.39, 0.29) is 11.8 Å². The number of carbonyl (C=O) groups is 2. The Bertz CT molecular complexity index is 377. The molecule has 22 heavy (non-hydrogen) atoms. The highest BCUT2D eigenvalue weighted by Gasteiger charge is 2.52. The minimum atomic E-state index is -0.846. The highest BCUT2D eigenvalue weighted by atomic mass is 16.4. The van der Waals surface area contributed by atoms with Crippen LogP contribution in [0.3, 0.4) is 0 Å². The minimum Gasteiger partial charge on any atom is -0.481 e. The number of hydrogen-bond donors (Lipinski definition) is 2. The molecule has 1 aliphatic rings. The molecule has 1 saturated carbocycles. The van der Waals surface area contributed by atoms with Gasteiger partial charge in [0.1, 0.15) is 0 Å². The van der Waals surface area contributed by atoms with E-state index in [1.54, 1.807) is 0 Å². The average molecular weight is 312 g/mol. The molecule has 3 atom stereocenters. The predicted molar refractivity (Wildman–Crippen MR) is 86.7 cm³/mol. The molecule has 0 amide bonds. The van der Waals surface area contributed by atoms with Crippen LogP contribution in [-0.4, -0.2) is 22.2 Å². The van der Waals surface area contributed by atoms with E-state index >= 15 is 0 Å². The first-order chi connectivity index (χ1) is 10.3. The Kier molecular flexibility index (Phi) is 7.37. The van der Waals surface area contributed by atoms with Crippen molar-refractivity contribution < 1.29 is 19.8 Å². The highest BCUT2D eigenvalue weighted by molar-refractivity contribution is 5.78. The fourth-order valence-electron chi connectivity index (χ4n) is 4.31. The molecule has 0 aromatic carbocycles. The largest absolute Gasteiger partial charge is 0.481 e. The molecule has 0 bridgehead atoms. The lowest BCUT2D eigenvalue weighted by Crippen LogP contribution is -2.48. The molecular weight excluding hydrogens is 280 g/mol. The Hall–Kier alpha value is -1.06. The zero-order valence-electron chi connectivity index (χ0n) is 14.3. The number of rotatable bonds is 9. The smallest absolute Gasteiger partial charge is 0.309 e. The van der Waals surface area contributed by atoms with Gasteiger partial charge in [0.25, 0.3) is 0 Å². The van der Waals surface area contributed by atoms with Crippen molar-refractivity contribution in [3.05, 3.63) is 0 Å². The van der Waals surface area contributed by atoms with E-state index < -0.39 is 23.3 Å². The third-order valence-electron chi connectivity index (χ3n) is 5.22. The van der Waals surface area contributed by atoms with Gasteiger partial charge < -0.3 is 10.2 Å². The first-order valence-electron chi connectivity index (χ1n) is 8.81. The number of aliphatic carboxylic acids is 2. The third kappa shape index (κ3) is 4.47. The summed E-state index contributed by atoms with van der Waals surface area (Å²) < 4.78 is 0. The molecular formula is C18H32O4. The Morgan fingerprint density at radius 2 is 1.86 bits per heavy atom. The maximum Gasteiger partial charge on any atom is 0.309 e. The normalized spacial score (nSPS) is 28.7. The summed E-state index contributed by atoms with van der Waals surface area (Å²) in [5, 5.41) is 19.5. The van der Waals surface area contributed by atoms with Gasteiger partial charge in [-0.05, 0) is 37.5 Å². The zero-order valence-corrected chi connectivity index (χ0v) is 14.3. The van der Waals surface area contributed by atoms with Crippen LogP contribution in [0.1, 0.15) is 78.6 Å². The van der Waals surface area contributed by atoms with Crippen LogP contribution in [0.5, 0.6) is 0 Å². The van der Waals surface area contributed by atoms with Crippen molar-refractivity contribution in [2.45, 2.75) is 78.6 Å². The van der Waals surface area contributed by atoms with Gasteiger partial charge in [0, 0.05) is 0 Å². The van der Waals surface area contributed by atoms with E-state index in [4.69, 9.17) is 0 Å². The fraction of sp³-hybridized carbons (Fsp3) is 0.889. The standard InChI is InChI=1S/C18H32O4/c1-4-5-6-7-10-15-14(16(19)20)9-8-11-18(15,17(21)22)12-13(2)3/h13-15H,4-12H2,1-3H3,(H,19,20)(H,21,22). The van der Waals surface area contributed by atoms with Gasteiger partial charge in [-0.2, -0.15) is 0 Å². The second-order valence-electron chi connectivity index (χ2n) is 7.35. The molecule has 1 rings (SSSR count). The van der Waals surface area contributed by atoms with Gasteiger partial charge in [-0.15, -0.1) is 0 Å². The van der Waals surface area contributed by atoms with Crippen molar-refractivity contribution in [1.82, 2.24) is 0 Å². The summed E-state index contributed by atoms with van der Waals surface area (Å²) in [6, 6.07) is 0. The zero-order chi connectivity index (χ0) is 16.8. The van der Waals surface area contributed by atoms with Crippen molar-refractivity contribution in [3.8, 4) is 0 Å². The van der Waals surface area contributed by atoms with Crippen molar-refractivity contribution in [2.24, 2.45) is 23.2 Å². The summed E-state index contributed by atoms with van der Waals surface area (Å²) in [6.45, 7) is 6.20. The molecule has 0 radical (unpaired) electrons. The Morgan fingerprint density at radius 3 is 2.36 bits per heavy atom. The molecule has 0 aliphatic heterocycles. The Morgan fingerprint density at radius 1 is 1.18 bits per heavy atom. The van der Waals surface area contributed by atoms with Crippen molar-refractivity contribution >= 4 is 11.9 Å². The van der Waals surface area contributed by atoms with Crippen LogP contribution in [0.4, 0.5) is 0 Å². The van der Waals surface area contributed by atoms with Crippen LogP contribution in [-0.2, 0) is 9.59 Å². The lowest BCUT2D eigenvalue weighted by molar-refractivity contribution is -0.165. The molecule has 4 nitrogen and oxygen atoms in total. The molecule has 2 N–H and O–H groups in total. The van der Waals surface area contributed by atoms with Crippen LogP contribution in [0.15, 0.2) is 0 Å². The Labute approximate surface area is 134 Å². The van der Waals surface area contributed by atoms with Gasteiger partial charge in [0.05, 0.1) is 11.3 Å². The lowest BCUT2D eigenvalue weighted by Gasteiger charge is -2.45. The van der Waals surface area contributed by atoms with E-state index in [1.165, 1.54) is 0 Å². The van der Waals surface area contributed by atoms with Crippen molar-refractivity contribution in [1.29, 1.82) is 0 Å². The van der Waals surface area contributed by atoms with Gasteiger partial charge in [0.2, 0.25) is 0 Å². The number of carboxylic acid groups (broad SMARTS) is 2. The SMILES string of the molecule is CCCCCCC1C(C(=O)O)CCCC1(CC(C)C)C(=O)O. The molecule has 0 aromatic rings. The van der Waals surface area contributed by atoms with Crippen LogP contribution >= 0.6 is 0 Å². The monoisotopic (exact) mass is 312 g/mol. The quantitative estimate of drug-likeness (QED) is 0.611. The highest BCUT2D eigenvalue weighted by Crippen LogP contribution is 2.51. The molecule has 1 aliphatic carbocycles. The van der Waals surface area contributed by atoms with E-state index in [0.717, 1.165) is 32.1 Å². The summed E-state index contributed by atoms with van der Waals surface area (Å²) in [6.07, 6.45) is 7.55. The van der Waals surface area contributed by atoms with Crippen LogP contribution in [0.2, 0.25) is 0 Å². The number of carboxylic acids is 2. The first kappa shape index (κ1) is 19.0. The topological polar surface area (TPSA) is 74.6 Å². The second kappa shape index (κ2) is 8.54. The second-order valence-corrected chi connectivity index (χ2v) is 7.35. The number of hydrogen-bond acceptors (Lipinski definition) is 2. The number of unbranched alkanes of at least 4 members (excludes halogenated alkanes) is 3. The molecule has 0 spiro atoms. The van der Waals surface area contributed by atoms with E-state index in [2.05, 4.69) is 6.92 Å². The molecule has 128 valence electrons. The van der Waals surface area contributed by atoms with E-state index in [1.807, 2.05) is 13.8 Å². The van der Waals surface area contributed by atoms with Crippen LogP contribution in [0, 0.1) is 23.2 Å². The summed E-state index contributed by atoms with van der Waals surface area (Å²) in [4.78, 5) is 23.7. The van der Waals surface area contributed by atoms with E-state index in [0.29, 0.717) is 25.7 Å². The van der Waals surface area contributed by atoms with E-state index in [9.17, 15) is 19.8 Å². The van der Waals surface area contributed by atoms with Crippen molar-refractivity contribution in [3.63, 3.8) is 0 Å². The first-order valence-corrected chi connectivity index (χ1v) is 8.81. The van der Waals surface area contributed by atoms with Gasteiger partial charge in [0.15, 0.2) is 0 Å². The maximum absolute atomic E-state index is 12.1. The maximum atomic E-state index is 12.1.